The molecule has 2 N–H and O–H groups in total. The van der Waals surface area contributed by atoms with Gasteiger partial charge in [0.15, 0.2) is 0 Å². The van der Waals surface area contributed by atoms with Crippen LogP contribution in [0.1, 0.15) is 30.1 Å². The molecule has 1 aromatic heterocycles. The van der Waals surface area contributed by atoms with Gasteiger partial charge in [0.05, 0.1) is 17.9 Å². The molecule has 3 aromatic rings. The van der Waals surface area contributed by atoms with E-state index in [0.717, 1.165) is 28.8 Å². The van der Waals surface area contributed by atoms with Gasteiger partial charge in [-0.25, -0.2) is 4.21 Å². The smallest absolute Gasteiger partial charge is 0.325 e. The highest BCUT2D eigenvalue weighted by molar-refractivity contribution is 7.80. The van der Waals surface area contributed by atoms with Crippen LogP contribution in [-0.4, -0.2) is 29.6 Å². The Morgan fingerprint density at radius 1 is 1.14 bits per heavy atom. The number of carboxylic acids is 1. The summed E-state index contributed by atoms with van der Waals surface area (Å²) in [5.74, 6) is -0.961. The average molecular weight is 411 g/mol. The first-order chi connectivity index (χ1) is 14.0. The molecule has 7 nitrogen and oxygen atoms in total. The Bertz CT molecular complexity index is 1030. The van der Waals surface area contributed by atoms with Crippen molar-refractivity contribution in [2.24, 2.45) is 0 Å². The molecule has 0 saturated heterocycles. The SMILES string of the molecule is O=C(O)Cn1ncc2c1CCCC2N(c1ccc(-c2ccccc2)cc1)S(=O)O. The molecule has 1 aliphatic carbocycles. The molecular weight excluding hydrogens is 390 g/mol. The molecule has 0 radical (unpaired) electrons. The second-order valence-electron chi connectivity index (χ2n) is 6.98. The number of rotatable bonds is 6. The molecule has 1 heterocycles. The van der Waals surface area contributed by atoms with Crippen LogP contribution in [0.25, 0.3) is 11.1 Å². The maximum atomic E-state index is 12.3. The highest BCUT2D eigenvalue weighted by atomic mass is 32.2. The van der Waals surface area contributed by atoms with Gasteiger partial charge in [0.1, 0.15) is 6.54 Å². The molecule has 2 aromatic carbocycles. The van der Waals surface area contributed by atoms with E-state index in [2.05, 4.69) is 5.10 Å². The molecular formula is C21H21N3O4S. The quantitative estimate of drug-likeness (QED) is 0.604. The number of aliphatic carboxylic acids is 1. The van der Waals surface area contributed by atoms with Crippen molar-refractivity contribution in [1.29, 1.82) is 0 Å². The highest BCUT2D eigenvalue weighted by Crippen LogP contribution is 2.38. The van der Waals surface area contributed by atoms with E-state index in [1.54, 1.807) is 6.20 Å². The maximum absolute atomic E-state index is 12.3. The van der Waals surface area contributed by atoms with Crippen LogP contribution >= 0.6 is 0 Å². The van der Waals surface area contributed by atoms with E-state index < -0.39 is 17.2 Å². The Kier molecular flexibility index (Phi) is 5.46. The van der Waals surface area contributed by atoms with Crippen LogP contribution in [-0.2, 0) is 29.0 Å². The lowest BCUT2D eigenvalue weighted by atomic mass is 9.92. The zero-order valence-corrected chi connectivity index (χ0v) is 16.5. The van der Waals surface area contributed by atoms with Gasteiger partial charge in [0, 0.05) is 11.3 Å². The number of fused-ring (bicyclic) bond motifs is 1. The van der Waals surface area contributed by atoms with E-state index in [9.17, 15) is 13.6 Å². The van der Waals surface area contributed by atoms with Gasteiger partial charge < -0.3 is 5.11 Å². The first-order valence-corrected chi connectivity index (χ1v) is 10.4. The van der Waals surface area contributed by atoms with Crippen molar-refractivity contribution in [3.63, 3.8) is 0 Å². The molecule has 2 unspecified atom stereocenters. The third kappa shape index (κ3) is 3.94. The molecule has 8 heteroatoms. The third-order valence-electron chi connectivity index (χ3n) is 5.20. The topological polar surface area (TPSA) is 95.7 Å². The van der Waals surface area contributed by atoms with Crippen LogP contribution < -0.4 is 4.31 Å². The second kappa shape index (κ2) is 8.18. The fourth-order valence-electron chi connectivity index (χ4n) is 3.91. The standard InChI is InChI=1S/C21H21N3O4S/c25-21(26)14-23-19-7-4-8-20(18(19)13-22-23)24(29(27)28)17-11-9-16(10-12-17)15-5-2-1-3-6-15/h1-3,5-6,9-13,20H,4,7-8,14H2,(H,25,26)(H,27,28). The largest absolute Gasteiger partial charge is 0.480 e. The van der Waals surface area contributed by atoms with Gasteiger partial charge in [-0.05, 0) is 42.5 Å². The highest BCUT2D eigenvalue weighted by Gasteiger charge is 2.32. The van der Waals surface area contributed by atoms with Crippen molar-refractivity contribution >= 4 is 22.9 Å². The Morgan fingerprint density at radius 2 is 1.83 bits per heavy atom. The van der Waals surface area contributed by atoms with E-state index in [0.29, 0.717) is 18.5 Å². The lowest BCUT2D eigenvalue weighted by Crippen LogP contribution is -2.33. The predicted molar refractivity (Wildman–Crippen MR) is 111 cm³/mol. The fourth-order valence-corrected chi connectivity index (χ4v) is 4.65. The first kappa shape index (κ1) is 19.4. The van der Waals surface area contributed by atoms with E-state index >= 15 is 0 Å². The molecule has 1 aliphatic rings. The van der Waals surface area contributed by atoms with Gasteiger partial charge in [-0.3, -0.25) is 18.3 Å². The van der Waals surface area contributed by atoms with E-state index in [4.69, 9.17) is 5.11 Å². The van der Waals surface area contributed by atoms with Crippen molar-refractivity contribution in [3.05, 3.63) is 72.1 Å². The Balaban J connectivity index is 1.67. The van der Waals surface area contributed by atoms with E-state index in [-0.39, 0.29) is 12.6 Å². The van der Waals surface area contributed by atoms with Gasteiger partial charge in [0.25, 0.3) is 11.3 Å². The fraction of sp³-hybridized carbons (Fsp3) is 0.238. The van der Waals surface area contributed by atoms with Crippen LogP contribution in [0.3, 0.4) is 0 Å². The zero-order valence-electron chi connectivity index (χ0n) is 15.6. The van der Waals surface area contributed by atoms with Gasteiger partial charge in [-0.2, -0.15) is 5.10 Å². The van der Waals surface area contributed by atoms with Gasteiger partial charge in [-0.15, -0.1) is 0 Å². The molecule has 0 aliphatic heterocycles. The summed E-state index contributed by atoms with van der Waals surface area (Å²) in [6.45, 7) is -0.212. The number of aromatic nitrogens is 2. The summed E-state index contributed by atoms with van der Waals surface area (Å²) in [5.41, 5.74) is 4.36. The average Bonchev–Trinajstić information content (AvgIpc) is 3.12. The number of hydrogen-bond donors (Lipinski definition) is 2. The van der Waals surface area contributed by atoms with Gasteiger partial charge in [0.2, 0.25) is 0 Å². The molecule has 0 spiro atoms. The normalized spacial score (nSPS) is 16.8. The van der Waals surface area contributed by atoms with Crippen molar-refractivity contribution in [1.82, 2.24) is 9.78 Å². The lowest BCUT2D eigenvalue weighted by molar-refractivity contribution is -0.137. The Labute approximate surface area is 171 Å². The summed E-state index contributed by atoms with van der Waals surface area (Å²) in [7, 11) is 0. The molecule has 0 saturated carbocycles. The van der Waals surface area contributed by atoms with E-state index in [1.165, 1.54) is 8.99 Å². The molecule has 150 valence electrons. The number of carbonyl (C=O) groups is 1. The summed E-state index contributed by atoms with van der Waals surface area (Å²) < 4.78 is 25.3. The first-order valence-electron chi connectivity index (χ1n) is 9.36. The summed E-state index contributed by atoms with van der Waals surface area (Å²) in [6, 6.07) is 17.1. The van der Waals surface area contributed by atoms with Crippen LogP contribution in [0.15, 0.2) is 60.8 Å². The van der Waals surface area contributed by atoms with Gasteiger partial charge >= 0.3 is 5.97 Å². The van der Waals surface area contributed by atoms with Crippen LogP contribution in [0.5, 0.6) is 0 Å². The van der Waals surface area contributed by atoms with Crippen molar-refractivity contribution < 1.29 is 18.7 Å². The zero-order chi connectivity index (χ0) is 20.4. The van der Waals surface area contributed by atoms with Crippen molar-refractivity contribution in [2.45, 2.75) is 31.8 Å². The second-order valence-corrected chi connectivity index (χ2v) is 7.83. The predicted octanol–water partition coefficient (Wildman–Crippen LogP) is 3.66. The molecule has 29 heavy (non-hydrogen) atoms. The number of hydrogen-bond acceptors (Lipinski definition) is 3. The summed E-state index contributed by atoms with van der Waals surface area (Å²) in [5, 5.41) is 13.3. The molecule has 4 rings (SSSR count). The van der Waals surface area contributed by atoms with Crippen molar-refractivity contribution in [3.8, 4) is 11.1 Å². The number of carboxylic acid groups (broad SMARTS) is 1. The maximum Gasteiger partial charge on any atom is 0.325 e. The molecule has 0 bridgehead atoms. The third-order valence-corrected chi connectivity index (χ3v) is 6.00. The Hall–Kier alpha value is -2.97. The number of nitrogens with zero attached hydrogens (tertiary/aromatic N) is 3. The molecule has 0 fully saturated rings. The van der Waals surface area contributed by atoms with Gasteiger partial charge in [-0.1, -0.05) is 42.5 Å². The summed E-state index contributed by atoms with van der Waals surface area (Å²) in [6.07, 6.45) is 3.82. The Morgan fingerprint density at radius 3 is 2.48 bits per heavy atom. The minimum Gasteiger partial charge on any atom is -0.480 e. The van der Waals surface area contributed by atoms with Crippen LogP contribution in [0.2, 0.25) is 0 Å². The van der Waals surface area contributed by atoms with E-state index in [1.807, 2.05) is 54.6 Å². The molecule has 2 atom stereocenters. The minimum atomic E-state index is -2.23. The monoisotopic (exact) mass is 411 g/mol. The molecule has 0 amide bonds. The summed E-state index contributed by atoms with van der Waals surface area (Å²) in [4.78, 5) is 11.1. The van der Waals surface area contributed by atoms with Crippen LogP contribution in [0.4, 0.5) is 5.69 Å². The number of benzene rings is 2. The summed E-state index contributed by atoms with van der Waals surface area (Å²) >= 11 is -2.23. The lowest BCUT2D eigenvalue weighted by Gasteiger charge is -2.33. The van der Waals surface area contributed by atoms with Crippen LogP contribution in [0, 0.1) is 0 Å². The number of anilines is 1. The minimum absolute atomic E-state index is 0.212. The van der Waals surface area contributed by atoms with Crippen molar-refractivity contribution in [2.75, 3.05) is 4.31 Å².